The first kappa shape index (κ1) is 24.3. The van der Waals surface area contributed by atoms with Crippen molar-refractivity contribution in [3.05, 3.63) is 24.0 Å². The molecule has 29 heavy (non-hydrogen) atoms. The Morgan fingerprint density at radius 2 is 2.10 bits per heavy atom. The molecule has 0 aromatic carbocycles. The van der Waals surface area contributed by atoms with E-state index < -0.39 is 17.9 Å². The molecule has 166 valence electrons. The number of aliphatic hydroxyl groups excluding tert-OH is 1. The van der Waals surface area contributed by atoms with Crippen molar-refractivity contribution in [2.45, 2.75) is 75.2 Å². The average molecular weight is 431 g/mol. The van der Waals surface area contributed by atoms with Gasteiger partial charge in [0.25, 0.3) is 0 Å². The van der Waals surface area contributed by atoms with E-state index in [1.807, 2.05) is 6.92 Å². The minimum Gasteiger partial charge on any atom is -0.493 e. The molecular weight excluding hydrogens is 396 g/mol. The molecule has 1 fully saturated rings. The van der Waals surface area contributed by atoms with Crippen molar-refractivity contribution in [3.63, 3.8) is 0 Å². The molecule has 8 heteroatoms. The van der Waals surface area contributed by atoms with E-state index in [0.29, 0.717) is 24.7 Å². The summed E-state index contributed by atoms with van der Waals surface area (Å²) in [6.45, 7) is 3.09. The molecule has 1 aliphatic rings. The van der Waals surface area contributed by atoms with Crippen molar-refractivity contribution in [2.24, 2.45) is 11.7 Å². The Balaban J connectivity index is 1.85. The lowest BCUT2D eigenvalue weighted by atomic mass is 9.89. The zero-order valence-electron chi connectivity index (χ0n) is 17.2. The number of aliphatic hydroxyl groups is 3. The van der Waals surface area contributed by atoms with Crippen molar-refractivity contribution in [3.8, 4) is 5.75 Å². The summed E-state index contributed by atoms with van der Waals surface area (Å²) in [6.07, 6.45) is 5.49. The maximum absolute atomic E-state index is 10.8. The van der Waals surface area contributed by atoms with Crippen LogP contribution in [0.1, 0.15) is 51.1 Å². The van der Waals surface area contributed by atoms with E-state index >= 15 is 0 Å². The summed E-state index contributed by atoms with van der Waals surface area (Å²) in [5.74, 6) is 1.42. The van der Waals surface area contributed by atoms with Crippen LogP contribution in [-0.2, 0) is 11.2 Å². The van der Waals surface area contributed by atoms with Gasteiger partial charge in [-0.05, 0) is 37.7 Å². The number of ether oxygens (including phenoxy) is 2. The Labute approximate surface area is 178 Å². The monoisotopic (exact) mass is 430 g/mol. The smallest absolute Gasteiger partial charge is 0.183 e. The van der Waals surface area contributed by atoms with Crippen molar-refractivity contribution in [2.75, 3.05) is 19.8 Å². The molecule has 3 atom stereocenters. The summed E-state index contributed by atoms with van der Waals surface area (Å²) in [5.41, 5.74) is 4.53. The summed E-state index contributed by atoms with van der Waals surface area (Å²) in [4.78, 5) is 4.21. The number of halogens is 1. The zero-order valence-corrected chi connectivity index (χ0v) is 17.9. The first-order chi connectivity index (χ1) is 13.8. The summed E-state index contributed by atoms with van der Waals surface area (Å²) >= 11 is 6.07. The Bertz CT molecular complexity index is 602. The van der Waals surface area contributed by atoms with Crippen LogP contribution in [0.25, 0.3) is 0 Å². The van der Waals surface area contributed by atoms with Gasteiger partial charge in [0.05, 0.1) is 19.3 Å². The highest BCUT2D eigenvalue weighted by molar-refractivity contribution is 6.20. The molecule has 0 spiro atoms. The normalized spacial score (nSPS) is 18.4. The van der Waals surface area contributed by atoms with Gasteiger partial charge < -0.3 is 30.5 Å². The fourth-order valence-corrected chi connectivity index (χ4v) is 3.22. The maximum atomic E-state index is 10.8. The van der Waals surface area contributed by atoms with Gasteiger partial charge in [0.1, 0.15) is 11.4 Å². The largest absolute Gasteiger partial charge is 0.493 e. The van der Waals surface area contributed by atoms with Gasteiger partial charge in [0.2, 0.25) is 0 Å². The number of aromatic nitrogens is 1. The Hall–Kier alpha value is -0.960. The van der Waals surface area contributed by atoms with Gasteiger partial charge in [-0.2, -0.15) is 0 Å². The first-order valence-electron chi connectivity index (χ1n) is 10.5. The van der Waals surface area contributed by atoms with Crippen LogP contribution in [0.4, 0.5) is 0 Å². The van der Waals surface area contributed by atoms with E-state index in [9.17, 15) is 15.3 Å². The molecule has 1 aliphatic carbocycles. The predicted octanol–water partition coefficient (Wildman–Crippen LogP) is 1.99. The molecule has 7 nitrogen and oxygen atoms in total. The molecule has 5 N–H and O–H groups in total. The van der Waals surface area contributed by atoms with Crippen LogP contribution in [0.15, 0.2) is 18.3 Å². The third kappa shape index (κ3) is 8.36. The molecule has 0 saturated heterocycles. The molecule has 0 bridgehead atoms. The molecule has 0 amide bonds. The van der Waals surface area contributed by atoms with E-state index in [1.165, 1.54) is 12.8 Å². The zero-order chi connectivity index (χ0) is 21.3. The average Bonchev–Trinajstić information content (AvgIpc) is 3.51. The molecule has 0 radical (unpaired) electrons. The van der Waals surface area contributed by atoms with Gasteiger partial charge in [-0.1, -0.05) is 19.8 Å². The minimum atomic E-state index is -2.03. The second-order valence-corrected chi connectivity index (χ2v) is 8.55. The number of hydrogen-bond donors (Lipinski definition) is 4. The fraction of sp³-hybridized carbons (Fsp3) is 0.762. The number of pyridine rings is 1. The number of alkyl halides is 1. The quantitative estimate of drug-likeness (QED) is 0.191. The first-order valence-corrected chi connectivity index (χ1v) is 10.9. The van der Waals surface area contributed by atoms with Gasteiger partial charge in [0.15, 0.2) is 6.29 Å². The van der Waals surface area contributed by atoms with Gasteiger partial charge in [-0.15, -0.1) is 11.6 Å². The lowest BCUT2D eigenvalue weighted by Crippen LogP contribution is -2.59. The van der Waals surface area contributed by atoms with Crippen LogP contribution in [0.3, 0.4) is 0 Å². The molecule has 1 saturated carbocycles. The third-order valence-electron chi connectivity index (χ3n) is 5.38. The third-order valence-corrected chi connectivity index (χ3v) is 5.91. The number of nitrogens with zero attached hydrogens (tertiary/aromatic N) is 1. The van der Waals surface area contributed by atoms with Gasteiger partial charge in [-0.3, -0.25) is 4.98 Å². The van der Waals surface area contributed by atoms with Crippen molar-refractivity contribution in [1.82, 2.24) is 4.98 Å². The van der Waals surface area contributed by atoms with E-state index in [2.05, 4.69) is 4.98 Å². The van der Waals surface area contributed by atoms with Crippen molar-refractivity contribution >= 4 is 11.6 Å². The maximum Gasteiger partial charge on any atom is 0.183 e. The highest BCUT2D eigenvalue weighted by Gasteiger charge is 2.41. The lowest BCUT2D eigenvalue weighted by molar-refractivity contribution is -0.198. The van der Waals surface area contributed by atoms with Gasteiger partial charge in [0, 0.05) is 36.4 Å². The van der Waals surface area contributed by atoms with Crippen LogP contribution in [0.5, 0.6) is 5.75 Å². The van der Waals surface area contributed by atoms with Crippen LogP contribution in [0, 0.1) is 5.92 Å². The Kier molecular flexibility index (Phi) is 10.1. The molecule has 1 aromatic rings. The second kappa shape index (κ2) is 12.0. The van der Waals surface area contributed by atoms with Gasteiger partial charge in [-0.25, -0.2) is 0 Å². The number of nitrogens with two attached hydrogens (primary N) is 1. The Morgan fingerprint density at radius 3 is 2.76 bits per heavy atom. The number of rotatable bonds is 15. The van der Waals surface area contributed by atoms with Crippen LogP contribution >= 0.6 is 11.6 Å². The van der Waals surface area contributed by atoms with E-state index in [1.54, 1.807) is 18.3 Å². The molecular formula is C21H35ClN2O5. The molecule has 1 heterocycles. The van der Waals surface area contributed by atoms with E-state index in [-0.39, 0.29) is 18.4 Å². The molecule has 0 aliphatic heterocycles. The second-order valence-electron chi connectivity index (χ2n) is 7.93. The topological polar surface area (TPSA) is 118 Å². The minimum absolute atomic E-state index is 0.00915. The molecule has 2 rings (SSSR count). The van der Waals surface area contributed by atoms with Gasteiger partial charge >= 0.3 is 0 Å². The van der Waals surface area contributed by atoms with Crippen LogP contribution in [0.2, 0.25) is 0 Å². The van der Waals surface area contributed by atoms with E-state index in [0.717, 1.165) is 31.6 Å². The summed E-state index contributed by atoms with van der Waals surface area (Å²) < 4.78 is 11.3. The van der Waals surface area contributed by atoms with Crippen molar-refractivity contribution in [1.29, 1.82) is 0 Å². The van der Waals surface area contributed by atoms with E-state index in [4.69, 9.17) is 26.8 Å². The SMILES string of the molecule is CCC(Cl)CCCOCC(N)C(O)(Cc1cc(OCCC2CC2)ccn1)C(O)O. The predicted molar refractivity (Wildman–Crippen MR) is 112 cm³/mol. The summed E-state index contributed by atoms with van der Waals surface area (Å²) in [7, 11) is 0. The van der Waals surface area contributed by atoms with Crippen molar-refractivity contribution < 1.29 is 24.8 Å². The Morgan fingerprint density at radius 1 is 1.34 bits per heavy atom. The molecule has 1 aromatic heterocycles. The fourth-order valence-electron chi connectivity index (χ4n) is 3.06. The molecule has 3 unspecified atom stereocenters. The summed E-state index contributed by atoms with van der Waals surface area (Å²) in [5, 5.41) is 30.5. The highest BCUT2D eigenvalue weighted by Crippen LogP contribution is 2.32. The standard InChI is InChI=1S/C21H35ClN2O5/c1-2-16(22)4-3-10-28-14-19(23)21(27,20(25)26)13-17-12-18(7-9-24-17)29-11-8-15-5-6-15/h7,9,12,15-16,19-20,25-27H,2-6,8,10-11,13-14,23H2,1H3. The summed E-state index contributed by atoms with van der Waals surface area (Å²) in [6, 6.07) is 2.44. The van der Waals surface area contributed by atoms with Crippen LogP contribution in [-0.4, -0.2) is 63.4 Å². The lowest BCUT2D eigenvalue weighted by Gasteiger charge is -2.35. The van der Waals surface area contributed by atoms with Crippen LogP contribution < -0.4 is 10.5 Å². The number of hydrogen-bond acceptors (Lipinski definition) is 7. The highest BCUT2D eigenvalue weighted by atomic mass is 35.5.